The van der Waals surface area contributed by atoms with Crippen LogP contribution in [0.4, 0.5) is 0 Å². The van der Waals surface area contributed by atoms with Crippen LogP contribution in [0, 0.1) is 0 Å². The third-order valence-corrected chi connectivity index (χ3v) is 4.82. The second-order valence-electron chi connectivity index (χ2n) is 6.68. The summed E-state index contributed by atoms with van der Waals surface area (Å²) in [7, 11) is 0. The van der Waals surface area contributed by atoms with Gasteiger partial charge in [0, 0.05) is 6.20 Å². The Labute approximate surface area is 176 Å². The fourth-order valence-electron chi connectivity index (χ4n) is 3.47. The van der Waals surface area contributed by atoms with Crippen molar-refractivity contribution >= 4 is 0 Å². The zero-order chi connectivity index (χ0) is 20.5. The molecule has 0 aliphatic carbocycles. The lowest BCUT2D eigenvalue weighted by Gasteiger charge is -2.37. The molecule has 3 aromatic carbocycles. The van der Waals surface area contributed by atoms with Crippen LogP contribution in [-0.2, 0) is 10.4 Å². The average Bonchev–Trinajstić information content (AvgIpc) is 2.84. The first-order valence-electron chi connectivity index (χ1n) is 9.76. The van der Waals surface area contributed by atoms with Crippen LogP contribution in [0.5, 0.6) is 5.75 Å². The van der Waals surface area contributed by atoms with Gasteiger partial charge in [0.15, 0.2) is 12.5 Å². The molecule has 4 rings (SSSR count). The van der Waals surface area contributed by atoms with E-state index in [-0.39, 0.29) is 6.73 Å². The second-order valence-corrected chi connectivity index (χ2v) is 6.68. The van der Waals surface area contributed by atoms with Crippen LogP contribution in [0.25, 0.3) is 0 Å². The largest absolute Gasteiger partial charge is 0.335 e. The minimum atomic E-state index is -0.624. The number of nitrogens with one attached hydrogen (secondary N) is 2. The first kappa shape index (κ1) is 19.8. The Kier molecular flexibility index (Phi) is 6.47. The number of aromatic nitrogens is 1. The van der Waals surface area contributed by atoms with Gasteiger partial charge in [-0.25, -0.2) is 10.9 Å². The Morgan fingerprint density at radius 2 is 1.20 bits per heavy atom. The highest BCUT2D eigenvalue weighted by molar-refractivity contribution is 5.49. The molecule has 30 heavy (non-hydrogen) atoms. The number of hydrogen-bond donors (Lipinski definition) is 2. The molecule has 0 aliphatic rings. The number of pyridine rings is 1. The Morgan fingerprint density at radius 3 is 1.67 bits per heavy atom. The Morgan fingerprint density at radius 1 is 0.667 bits per heavy atom. The molecule has 0 bridgehead atoms. The molecule has 0 radical (unpaired) electrons. The SMILES string of the molecule is c1ccc(C(NNCOOc2cccnc2)(c2ccccc2)c2ccccc2)cc1. The molecule has 0 unspecified atom stereocenters. The molecule has 2 N–H and O–H groups in total. The summed E-state index contributed by atoms with van der Waals surface area (Å²) in [6.07, 6.45) is 3.27. The molecule has 5 heteroatoms. The third kappa shape index (κ3) is 4.39. The molecule has 0 amide bonds. The van der Waals surface area contributed by atoms with E-state index >= 15 is 0 Å². The molecule has 0 saturated heterocycles. The van der Waals surface area contributed by atoms with E-state index in [0.717, 1.165) is 16.7 Å². The van der Waals surface area contributed by atoms with Gasteiger partial charge in [0.1, 0.15) is 5.54 Å². The number of benzene rings is 3. The number of nitrogens with zero attached hydrogens (tertiary/aromatic N) is 1. The Hall–Kier alpha value is -3.51. The van der Waals surface area contributed by atoms with Gasteiger partial charge in [-0.15, -0.1) is 0 Å². The molecule has 0 atom stereocenters. The van der Waals surface area contributed by atoms with Crippen LogP contribution in [0.1, 0.15) is 16.7 Å². The van der Waals surface area contributed by atoms with E-state index < -0.39 is 5.54 Å². The van der Waals surface area contributed by atoms with Crippen molar-refractivity contribution in [2.45, 2.75) is 5.54 Å². The van der Waals surface area contributed by atoms with E-state index in [4.69, 9.17) is 9.78 Å². The molecule has 4 aromatic rings. The van der Waals surface area contributed by atoms with Crippen LogP contribution in [0.3, 0.4) is 0 Å². The zero-order valence-electron chi connectivity index (χ0n) is 16.4. The van der Waals surface area contributed by atoms with Gasteiger partial charge in [-0.3, -0.25) is 4.98 Å². The first-order valence-corrected chi connectivity index (χ1v) is 9.76. The molecular formula is C25H23N3O2. The number of hydrogen-bond acceptors (Lipinski definition) is 5. The standard InChI is InChI=1S/C25H23N3O2/c1-4-11-21(12-5-1)25(22-13-6-2-7-14-22,23-15-8-3-9-16-23)28-27-20-29-30-24-17-10-18-26-19-24/h1-19,27-28H,20H2. The highest BCUT2D eigenvalue weighted by atomic mass is 17.2. The van der Waals surface area contributed by atoms with Gasteiger partial charge in [0.2, 0.25) is 0 Å². The van der Waals surface area contributed by atoms with E-state index in [0.29, 0.717) is 5.75 Å². The summed E-state index contributed by atoms with van der Waals surface area (Å²) in [5.41, 5.74) is 9.35. The number of rotatable bonds is 9. The summed E-state index contributed by atoms with van der Waals surface area (Å²) in [6.45, 7) is 0.128. The van der Waals surface area contributed by atoms with Crippen molar-refractivity contribution in [3.8, 4) is 5.75 Å². The molecule has 0 saturated carbocycles. The third-order valence-electron chi connectivity index (χ3n) is 4.82. The van der Waals surface area contributed by atoms with Gasteiger partial charge in [-0.1, -0.05) is 91.0 Å². The van der Waals surface area contributed by atoms with Crippen LogP contribution < -0.4 is 15.7 Å². The molecule has 5 nitrogen and oxygen atoms in total. The summed E-state index contributed by atoms with van der Waals surface area (Å²) < 4.78 is 0. The van der Waals surface area contributed by atoms with Gasteiger partial charge in [-0.05, 0) is 28.8 Å². The molecule has 1 heterocycles. The van der Waals surface area contributed by atoms with Crippen LogP contribution in [-0.4, -0.2) is 11.7 Å². The highest BCUT2D eigenvalue weighted by Crippen LogP contribution is 2.36. The number of hydrazine groups is 1. The van der Waals surface area contributed by atoms with Gasteiger partial charge in [0.05, 0.1) is 6.20 Å². The molecule has 0 fully saturated rings. The Balaban J connectivity index is 1.61. The smallest absolute Gasteiger partial charge is 0.183 e. The van der Waals surface area contributed by atoms with E-state index in [2.05, 4.69) is 52.2 Å². The lowest BCUT2D eigenvalue weighted by molar-refractivity contribution is -0.215. The van der Waals surface area contributed by atoms with Gasteiger partial charge in [0.25, 0.3) is 0 Å². The summed E-state index contributed by atoms with van der Waals surface area (Å²) in [6, 6.07) is 34.5. The first-order chi connectivity index (χ1) is 14.9. The predicted molar refractivity (Wildman–Crippen MR) is 116 cm³/mol. The molecular weight excluding hydrogens is 374 g/mol. The fraction of sp³-hybridized carbons (Fsp3) is 0.0800. The highest BCUT2D eigenvalue weighted by Gasteiger charge is 2.35. The van der Waals surface area contributed by atoms with Gasteiger partial charge < -0.3 is 4.89 Å². The van der Waals surface area contributed by atoms with Crippen molar-refractivity contribution in [3.63, 3.8) is 0 Å². The summed E-state index contributed by atoms with van der Waals surface area (Å²) in [5.74, 6) is 0.541. The molecule has 1 aromatic heterocycles. The van der Waals surface area contributed by atoms with Crippen molar-refractivity contribution in [2.75, 3.05) is 6.73 Å². The summed E-state index contributed by atoms with van der Waals surface area (Å²) in [4.78, 5) is 14.6. The average molecular weight is 397 g/mol. The van der Waals surface area contributed by atoms with Crippen LogP contribution in [0.15, 0.2) is 116 Å². The van der Waals surface area contributed by atoms with Crippen molar-refractivity contribution in [1.82, 2.24) is 15.8 Å². The maximum Gasteiger partial charge on any atom is 0.183 e. The quantitative estimate of drug-likeness (QED) is 0.144. The zero-order valence-corrected chi connectivity index (χ0v) is 16.4. The molecule has 0 spiro atoms. The lowest BCUT2D eigenvalue weighted by Crippen LogP contribution is -2.52. The lowest BCUT2D eigenvalue weighted by atomic mass is 9.77. The van der Waals surface area contributed by atoms with E-state index in [1.54, 1.807) is 24.5 Å². The van der Waals surface area contributed by atoms with E-state index in [1.807, 2.05) is 54.6 Å². The van der Waals surface area contributed by atoms with Crippen molar-refractivity contribution in [1.29, 1.82) is 0 Å². The summed E-state index contributed by atoms with van der Waals surface area (Å²) >= 11 is 0. The second kappa shape index (κ2) is 9.80. The predicted octanol–water partition coefficient (Wildman–Crippen LogP) is 4.44. The van der Waals surface area contributed by atoms with Crippen molar-refractivity contribution in [2.24, 2.45) is 0 Å². The molecule has 0 aliphatic heterocycles. The fourth-order valence-corrected chi connectivity index (χ4v) is 3.47. The Bertz CT molecular complexity index is 917. The van der Waals surface area contributed by atoms with Crippen LogP contribution in [0.2, 0.25) is 0 Å². The maximum atomic E-state index is 5.31. The maximum absolute atomic E-state index is 5.31. The monoisotopic (exact) mass is 397 g/mol. The van der Waals surface area contributed by atoms with E-state index in [1.165, 1.54) is 0 Å². The minimum Gasteiger partial charge on any atom is -0.335 e. The molecule has 150 valence electrons. The van der Waals surface area contributed by atoms with Crippen molar-refractivity contribution in [3.05, 3.63) is 132 Å². The van der Waals surface area contributed by atoms with Crippen molar-refractivity contribution < 1.29 is 9.78 Å². The van der Waals surface area contributed by atoms with Crippen LogP contribution >= 0.6 is 0 Å². The topological polar surface area (TPSA) is 55.4 Å². The van der Waals surface area contributed by atoms with Gasteiger partial charge in [-0.2, -0.15) is 4.89 Å². The van der Waals surface area contributed by atoms with Gasteiger partial charge >= 0.3 is 0 Å². The summed E-state index contributed by atoms with van der Waals surface area (Å²) in [5, 5.41) is 0. The minimum absolute atomic E-state index is 0.128. The van der Waals surface area contributed by atoms with E-state index in [9.17, 15) is 0 Å². The normalized spacial score (nSPS) is 11.2.